The monoisotopic (exact) mass is 403 g/mol. The van der Waals surface area contributed by atoms with Crippen molar-refractivity contribution < 1.29 is 9.53 Å². The van der Waals surface area contributed by atoms with Gasteiger partial charge in [-0.1, -0.05) is 57.6 Å². The predicted molar refractivity (Wildman–Crippen MR) is 97.4 cm³/mol. The summed E-state index contributed by atoms with van der Waals surface area (Å²) < 4.78 is 6.38. The van der Waals surface area contributed by atoms with Crippen LogP contribution in [0.25, 0.3) is 0 Å². The first-order valence-corrected chi connectivity index (χ1v) is 8.84. The van der Waals surface area contributed by atoms with Crippen molar-refractivity contribution in [2.75, 3.05) is 11.9 Å². The number of nitrogens with zero attached hydrogens (tertiary/aromatic N) is 2. The van der Waals surface area contributed by atoms with E-state index < -0.39 is 0 Å². The van der Waals surface area contributed by atoms with Crippen molar-refractivity contribution >= 4 is 38.3 Å². The summed E-state index contributed by atoms with van der Waals surface area (Å²) >= 11 is 4.71. The lowest BCUT2D eigenvalue weighted by molar-refractivity contribution is -0.118. The maximum absolute atomic E-state index is 11.9. The molecule has 0 saturated heterocycles. The second-order valence-corrected chi connectivity index (χ2v) is 6.93. The van der Waals surface area contributed by atoms with E-state index in [4.69, 9.17) is 4.74 Å². The van der Waals surface area contributed by atoms with E-state index in [1.807, 2.05) is 42.5 Å². The summed E-state index contributed by atoms with van der Waals surface area (Å²) in [6, 6.07) is 17.3. The SMILES string of the molecule is O=C(COc1ccc(Br)cc1)Nc1nnc(Cc2ccccc2)s1. The van der Waals surface area contributed by atoms with E-state index in [1.54, 1.807) is 12.1 Å². The lowest BCUT2D eigenvalue weighted by Gasteiger charge is -2.05. The minimum atomic E-state index is -0.264. The number of anilines is 1. The standard InChI is InChI=1S/C17H14BrN3O2S/c18-13-6-8-14(9-7-13)23-11-15(22)19-17-21-20-16(24-17)10-12-4-2-1-3-5-12/h1-9H,10-11H2,(H,19,21,22). The molecule has 0 radical (unpaired) electrons. The van der Waals surface area contributed by atoms with Crippen molar-refractivity contribution in [1.29, 1.82) is 0 Å². The Bertz CT molecular complexity index is 806. The third kappa shape index (κ3) is 4.87. The largest absolute Gasteiger partial charge is 0.484 e. The number of amides is 1. The third-order valence-electron chi connectivity index (χ3n) is 3.09. The molecule has 2 aromatic carbocycles. The molecule has 1 amide bonds. The highest BCUT2D eigenvalue weighted by atomic mass is 79.9. The van der Waals surface area contributed by atoms with E-state index >= 15 is 0 Å². The van der Waals surface area contributed by atoms with Crippen molar-refractivity contribution in [1.82, 2.24) is 10.2 Å². The summed E-state index contributed by atoms with van der Waals surface area (Å²) in [5, 5.41) is 12.1. The molecule has 3 rings (SSSR count). The van der Waals surface area contributed by atoms with Gasteiger partial charge >= 0.3 is 0 Å². The first kappa shape index (κ1) is 16.6. The van der Waals surface area contributed by atoms with Crippen molar-refractivity contribution in [3.05, 3.63) is 69.6 Å². The van der Waals surface area contributed by atoms with Gasteiger partial charge < -0.3 is 4.74 Å². The van der Waals surface area contributed by atoms with Crippen LogP contribution in [-0.2, 0) is 11.2 Å². The van der Waals surface area contributed by atoms with Gasteiger partial charge in [0.1, 0.15) is 10.8 Å². The minimum Gasteiger partial charge on any atom is -0.484 e. The van der Waals surface area contributed by atoms with Gasteiger partial charge in [-0.2, -0.15) is 0 Å². The van der Waals surface area contributed by atoms with E-state index in [0.29, 0.717) is 17.3 Å². The van der Waals surface area contributed by atoms with Crippen molar-refractivity contribution in [3.8, 4) is 5.75 Å². The Kier molecular flexibility index (Phi) is 5.55. The smallest absolute Gasteiger partial charge is 0.264 e. The average molecular weight is 404 g/mol. The van der Waals surface area contributed by atoms with Gasteiger partial charge in [-0.05, 0) is 29.8 Å². The highest BCUT2D eigenvalue weighted by molar-refractivity contribution is 9.10. The van der Waals surface area contributed by atoms with E-state index in [0.717, 1.165) is 15.0 Å². The Morgan fingerprint density at radius 2 is 1.83 bits per heavy atom. The summed E-state index contributed by atoms with van der Waals surface area (Å²) in [5.74, 6) is 0.371. The Hall–Kier alpha value is -2.25. The predicted octanol–water partition coefficient (Wildman–Crippen LogP) is 3.91. The fraction of sp³-hybridized carbons (Fsp3) is 0.118. The number of ether oxygens (including phenoxy) is 1. The molecular weight excluding hydrogens is 390 g/mol. The number of nitrogens with one attached hydrogen (secondary N) is 1. The molecule has 0 saturated carbocycles. The number of halogens is 1. The molecule has 0 unspecified atom stereocenters. The van der Waals surface area contributed by atoms with Gasteiger partial charge in [0, 0.05) is 10.9 Å². The number of carbonyl (C=O) groups excluding carboxylic acids is 1. The summed E-state index contributed by atoms with van der Waals surface area (Å²) in [6.45, 7) is -0.0742. The molecule has 0 fully saturated rings. The molecule has 0 aliphatic carbocycles. The molecule has 7 heteroatoms. The summed E-state index contributed by atoms with van der Waals surface area (Å²) in [4.78, 5) is 11.9. The summed E-state index contributed by atoms with van der Waals surface area (Å²) in [5.41, 5.74) is 1.16. The van der Waals surface area contributed by atoms with Crippen LogP contribution in [0.15, 0.2) is 59.1 Å². The van der Waals surface area contributed by atoms with Crippen LogP contribution >= 0.6 is 27.3 Å². The second-order valence-electron chi connectivity index (χ2n) is 4.95. The van der Waals surface area contributed by atoms with Gasteiger partial charge in [0.25, 0.3) is 5.91 Å². The van der Waals surface area contributed by atoms with Gasteiger partial charge in [-0.25, -0.2) is 0 Å². The number of aromatic nitrogens is 2. The van der Waals surface area contributed by atoms with Crippen molar-refractivity contribution in [2.45, 2.75) is 6.42 Å². The second kappa shape index (κ2) is 8.03. The van der Waals surface area contributed by atoms with Crippen LogP contribution in [0, 0.1) is 0 Å². The zero-order valence-corrected chi connectivity index (χ0v) is 15.0. The van der Waals surface area contributed by atoms with Crippen LogP contribution in [0.3, 0.4) is 0 Å². The lowest BCUT2D eigenvalue weighted by atomic mass is 10.2. The van der Waals surface area contributed by atoms with Gasteiger partial charge in [0.2, 0.25) is 5.13 Å². The normalized spacial score (nSPS) is 10.4. The van der Waals surface area contributed by atoms with Gasteiger partial charge in [0.05, 0.1) is 0 Å². The molecule has 0 atom stereocenters. The van der Waals surface area contributed by atoms with E-state index in [-0.39, 0.29) is 12.5 Å². The molecule has 0 bridgehead atoms. The lowest BCUT2D eigenvalue weighted by Crippen LogP contribution is -2.20. The maximum Gasteiger partial charge on any atom is 0.264 e. The van der Waals surface area contributed by atoms with E-state index in [1.165, 1.54) is 11.3 Å². The van der Waals surface area contributed by atoms with Crippen LogP contribution in [0.2, 0.25) is 0 Å². The Balaban J connectivity index is 1.50. The van der Waals surface area contributed by atoms with Gasteiger partial charge in [-0.15, -0.1) is 10.2 Å². The Morgan fingerprint density at radius 1 is 1.08 bits per heavy atom. The molecule has 5 nitrogen and oxygen atoms in total. The first-order chi connectivity index (χ1) is 11.7. The fourth-order valence-corrected chi connectivity index (χ4v) is 3.04. The van der Waals surface area contributed by atoms with Crippen molar-refractivity contribution in [3.63, 3.8) is 0 Å². The number of hydrogen-bond donors (Lipinski definition) is 1. The average Bonchev–Trinajstić information content (AvgIpc) is 3.02. The highest BCUT2D eigenvalue weighted by Crippen LogP contribution is 2.19. The summed E-state index contributed by atoms with van der Waals surface area (Å²) in [7, 11) is 0. The molecule has 0 spiro atoms. The topological polar surface area (TPSA) is 64.1 Å². The highest BCUT2D eigenvalue weighted by Gasteiger charge is 2.09. The zero-order chi connectivity index (χ0) is 16.8. The fourth-order valence-electron chi connectivity index (χ4n) is 1.98. The van der Waals surface area contributed by atoms with Crippen LogP contribution in [0.5, 0.6) is 5.75 Å². The number of rotatable bonds is 6. The third-order valence-corrected chi connectivity index (χ3v) is 4.46. The maximum atomic E-state index is 11.9. The minimum absolute atomic E-state index is 0.0742. The molecule has 122 valence electrons. The molecule has 1 heterocycles. The molecular formula is C17H14BrN3O2S. The van der Waals surface area contributed by atoms with E-state index in [9.17, 15) is 4.79 Å². The van der Waals surface area contributed by atoms with Gasteiger partial charge in [-0.3, -0.25) is 10.1 Å². The molecule has 3 aromatic rings. The van der Waals surface area contributed by atoms with Crippen LogP contribution in [-0.4, -0.2) is 22.7 Å². The molecule has 1 N–H and O–H groups in total. The number of hydrogen-bond acceptors (Lipinski definition) is 5. The van der Waals surface area contributed by atoms with Crippen LogP contribution < -0.4 is 10.1 Å². The van der Waals surface area contributed by atoms with Crippen LogP contribution in [0.1, 0.15) is 10.6 Å². The molecule has 24 heavy (non-hydrogen) atoms. The Labute approximate surface area is 151 Å². The summed E-state index contributed by atoms with van der Waals surface area (Å²) in [6.07, 6.45) is 0.698. The molecule has 1 aromatic heterocycles. The van der Waals surface area contributed by atoms with Crippen LogP contribution in [0.4, 0.5) is 5.13 Å². The molecule has 0 aliphatic rings. The van der Waals surface area contributed by atoms with E-state index in [2.05, 4.69) is 31.4 Å². The first-order valence-electron chi connectivity index (χ1n) is 7.23. The van der Waals surface area contributed by atoms with Gasteiger partial charge in [0.15, 0.2) is 6.61 Å². The zero-order valence-electron chi connectivity index (χ0n) is 12.6. The Morgan fingerprint density at radius 3 is 2.58 bits per heavy atom. The quantitative estimate of drug-likeness (QED) is 0.677. The number of carbonyl (C=O) groups is 1. The molecule has 0 aliphatic heterocycles. The number of benzene rings is 2. The van der Waals surface area contributed by atoms with Crippen molar-refractivity contribution in [2.24, 2.45) is 0 Å².